The van der Waals surface area contributed by atoms with Crippen molar-refractivity contribution in [2.75, 3.05) is 20.6 Å². The number of hydrogen-bond donors (Lipinski definition) is 1. The standard InChI is InChI=1S/C33H45N3O4/c1-19-17-20(2)34-31(37)26(19)18-36-16-15-25-27(32(36)38)21(3)29-30(28(25)22-9-7-8-10-22)40-33(4,39-29)23-11-13-24(14-12-23)35(5)6/h17,22-24H,7-16,18H2,1-6H3,(H,34,37)/t23-,24-,33?. The van der Waals surface area contributed by atoms with Gasteiger partial charge < -0.3 is 24.3 Å². The molecule has 1 unspecified atom stereocenters. The number of nitrogens with one attached hydrogen (secondary N) is 1. The topological polar surface area (TPSA) is 74.9 Å². The summed E-state index contributed by atoms with van der Waals surface area (Å²) in [6.45, 7) is 8.90. The molecule has 0 radical (unpaired) electrons. The second kappa shape index (κ2) is 10.2. The summed E-state index contributed by atoms with van der Waals surface area (Å²) < 4.78 is 13.7. The van der Waals surface area contributed by atoms with Crippen LogP contribution in [0.1, 0.15) is 108 Å². The molecular formula is C33H45N3O4. The van der Waals surface area contributed by atoms with E-state index in [9.17, 15) is 9.59 Å². The summed E-state index contributed by atoms with van der Waals surface area (Å²) in [5.74, 6) is 1.69. The quantitative estimate of drug-likeness (QED) is 0.515. The Balaban J connectivity index is 1.36. The zero-order chi connectivity index (χ0) is 28.3. The number of rotatable bonds is 5. The predicted octanol–water partition coefficient (Wildman–Crippen LogP) is 5.76. The Kier molecular flexibility index (Phi) is 7.00. The number of fused-ring (bicyclic) bond motifs is 2. The van der Waals surface area contributed by atoms with Crippen molar-refractivity contribution in [1.82, 2.24) is 14.8 Å². The van der Waals surface area contributed by atoms with Crippen LogP contribution in [-0.2, 0) is 13.0 Å². The Hall–Kier alpha value is -2.80. The highest BCUT2D eigenvalue weighted by Crippen LogP contribution is 2.55. The summed E-state index contributed by atoms with van der Waals surface area (Å²) in [5, 5.41) is 0. The Morgan fingerprint density at radius 3 is 2.33 bits per heavy atom. The van der Waals surface area contributed by atoms with Crippen LogP contribution in [0.3, 0.4) is 0 Å². The third-order valence-electron chi connectivity index (χ3n) is 10.3. The molecule has 1 atom stereocenters. The molecule has 2 aliphatic carbocycles. The molecule has 6 rings (SSSR count). The van der Waals surface area contributed by atoms with Gasteiger partial charge in [0.05, 0.1) is 6.54 Å². The van der Waals surface area contributed by atoms with Gasteiger partial charge in [0.15, 0.2) is 11.5 Å². The smallest absolute Gasteiger partial charge is 0.254 e. The molecule has 1 amide bonds. The SMILES string of the molecule is Cc1cc(C)c(CN2CCc3c(c(C)c4c(c3C3CCCC3)OC(C)([C@H]3CC[C@H](N(C)C)CC3)O4)C2=O)c(=O)[nH]1. The van der Waals surface area contributed by atoms with Gasteiger partial charge in [-0.1, -0.05) is 12.8 Å². The summed E-state index contributed by atoms with van der Waals surface area (Å²) in [5.41, 5.74) is 6.37. The van der Waals surface area contributed by atoms with Gasteiger partial charge in [-0.15, -0.1) is 0 Å². The lowest BCUT2D eigenvalue weighted by Gasteiger charge is -2.39. The third-order valence-corrected chi connectivity index (χ3v) is 10.3. The number of benzene rings is 1. The number of nitrogens with zero attached hydrogens (tertiary/aromatic N) is 2. The fourth-order valence-electron chi connectivity index (χ4n) is 7.96. The van der Waals surface area contributed by atoms with E-state index < -0.39 is 5.79 Å². The largest absolute Gasteiger partial charge is 0.448 e. The van der Waals surface area contributed by atoms with Gasteiger partial charge in [-0.25, -0.2) is 0 Å². The lowest BCUT2D eigenvalue weighted by atomic mass is 9.81. The van der Waals surface area contributed by atoms with Crippen LogP contribution in [0.2, 0.25) is 0 Å². The fraction of sp³-hybridized carbons (Fsp3) is 0.636. The van der Waals surface area contributed by atoms with Crippen molar-refractivity contribution in [1.29, 1.82) is 0 Å². The van der Waals surface area contributed by atoms with Crippen molar-refractivity contribution in [3.8, 4) is 11.5 Å². The number of carbonyl (C=O) groups is 1. The maximum absolute atomic E-state index is 14.2. The van der Waals surface area contributed by atoms with E-state index in [0.29, 0.717) is 36.5 Å². The monoisotopic (exact) mass is 547 g/mol. The van der Waals surface area contributed by atoms with E-state index in [2.05, 4.69) is 30.9 Å². The molecule has 4 aliphatic rings. The maximum Gasteiger partial charge on any atom is 0.254 e. The van der Waals surface area contributed by atoms with Crippen LogP contribution in [-0.4, -0.2) is 53.2 Å². The van der Waals surface area contributed by atoms with E-state index in [0.717, 1.165) is 84.4 Å². The highest BCUT2D eigenvalue weighted by Gasteiger charge is 2.49. The van der Waals surface area contributed by atoms with Crippen LogP contribution in [0, 0.1) is 26.7 Å². The van der Waals surface area contributed by atoms with Crippen LogP contribution in [0.4, 0.5) is 0 Å². The minimum Gasteiger partial charge on any atom is -0.448 e. The number of hydrogen-bond acceptors (Lipinski definition) is 5. The van der Waals surface area contributed by atoms with Crippen LogP contribution in [0.5, 0.6) is 11.5 Å². The molecule has 40 heavy (non-hydrogen) atoms. The zero-order valence-corrected chi connectivity index (χ0v) is 25.1. The molecule has 7 heteroatoms. The Bertz CT molecular complexity index is 1380. The highest BCUT2D eigenvalue weighted by molar-refractivity contribution is 6.00. The van der Waals surface area contributed by atoms with Gasteiger partial charge in [0.1, 0.15) is 0 Å². The normalized spacial score (nSPS) is 26.6. The molecule has 0 saturated heterocycles. The predicted molar refractivity (Wildman–Crippen MR) is 156 cm³/mol. The van der Waals surface area contributed by atoms with Gasteiger partial charge in [0.25, 0.3) is 17.3 Å². The van der Waals surface area contributed by atoms with Gasteiger partial charge in [0.2, 0.25) is 0 Å². The first-order chi connectivity index (χ1) is 19.1. The number of aromatic nitrogens is 1. The van der Waals surface area contributed by atoms with E-state index in [1.54, 1.807) is 0 Å². The first kappa shape index (κ1) is 27.4. The van der Waals surface area contributed by atoms with Crippen molar-refractivity contribution in [3.05, 3.63) is 55.5 Å². The summed E-state index contributed by atoms with van der Waals surface area (Å²) in [4.78, 5) is 34.1. The van der Waals surface area contributed by atoms with Crippen molar-refractivity contribution >= 4 is 5.91 Å². The van der Waals surface area contributed by atoms with E-state index in [-0.39, 0.29) is 11.5 Å². The van der Waals surface area contributed by atoms with Crippen LogP contribution >= 0.6 is 0 Å². The fourth-order valence-corrected chi connectivity index (χ4v) is 7.96. The molecule has 2 saturated carbocycles. The second-order valence-electron chi connectivity index (χ2n) is 13.1. The van der Waals surface area contributed by atoms with Crippen molar-refractivity contribution < 1.29 is 14.3 Å². The van der Waals surface area contributed by atoms with E-state index in [1.807, 2.05) is 31.7 Å². The summed E-state index contributed by atoms with van der Waals surface area (Å²) in [6, 6.07) is 2.59. The number of pyridine rings is 1. The Morgan fingerprint density at radius 1 is 1.00 bits per heavy atom. The summed E-state index contributed by atoms with van der Waals surface area (Å²) in [7, 11) is 4.34. The molecule has 1 aromatic heterocycles. The molecule has 0 spiro atoms. The highest BCUT2D eigenvalue weighted by atomic mass is 16.7. The zero-order valence-electron chi connectivity index (χ0n) is 25.1. The molecule has 2 aliphatic heterocycles. The van der Waals surface area contributed by atoms with Gasteiger partial charge in [-0.2, -0.15) is 0 Å². The molecule has 2 fully saturated rings. The van der Waals surface area contributed by atoms with Crippen LogP contribution in [0.25, 0.3) is 0 Å². The Labute approximate surface area is 238 Å². The summed E-state index contributed by atoms with van der Waals surface area (Å²) in [6.07, 6.45) is 9.90. The average Bonchev–Trinajstić information content (AvgIpc) is 3.56. The van der Waals surface area contributed by atoms with E-state index in [1.165, 1.54) is 18.4 Å². The average molecular weight is 548 g/mol. The van der Waals surface area contributed by atoms with Crippen LogP contribution < -0.4 is 15.0 Å². The second-order valence-corrected chi connectivity index (χ2v) is 13.1. The number of ether oxygens (including phenoxy) is 2. The molecule has 7 nitrogen and oxygen atoms in total. The third kappa shape index (κ3) is 4.54. The van der Waals surface area contributed by atoms with Gasteiger partial charge >= 0.3 is 0 Å². The minimum atomic E-state index is -0.712. The molecule has 2 aromatic rings. The first-order valence-corrected chi connectivity index (χ1v) is 15.3. The molecule has 1 N–H and O–H groups in total. The van der Waals surface area contributed by atoms with Crippen LogP contribution in [0.15, 0.2) is 10.9 Å². The van der Waals surface area contributed by atoms with Crippen molar-refractivity contribution in [2.45, 2.75) is 110 Å². The molecule has 1 aromatic carbocycles. The number of aryl methyl sites for hydroxylation is 2. The Morgan fingerprint density at radius 2 is 1.68 bits per heavy atom. The van der Waals surface area contributed by atoms with Gasteiger partial charge in [-0.3, -0.25) is 9.59 Å². The van der Waals surface area contributed by atoms with E-state index >= 15 is 0 Å². The number of carbonyl (C=O) groups excluding carboxylic acids is 1. The maximum atomic E-state index is 14.2. The minimum absolute atomic E-state index is 0.00358. The molecule has 3 heterocycles. The van der Waals surface area contributed by atoms with E-state index in [4.69, 9.17) is 9.47 Å². The van der Waals surface area contributed by atoms with Crippen molar-refractivity contribution in [3.63, 3.8) is 0 Å². The number of aromatic amines is 1. The molecular weight excluding hydrogens is 502 g/mol. The lowest BCUT2D eigenvalue weighted by molar-refractivity contribution is -0.123. The van der Waals surface area contributed by atoms with Gasteiger partial charge in [-0.05, 0) is 103 Å². The summed E-state index contributed by atoms with van der Waals surface area (Å²) >= 11 is 0. The van der Waals surface area contributed by atoms with Crippen molar-refractivity contribution in [2.24, 2.45) is 5.92 Å². The lowest BCUT2D eigenvalue weighted by Crippen LogP contribution is -2.46. The van der Waals surface area contributed by atoms with Gasteiger partial charge in [0, 0.05) is 53.4 Å². The molecule has 0 bridgehead atoms. The number of H-pyrrole nitrogens is 1. The number of amides is 1. The molecule has 216 valence electrons. The first-order valence-electron chi connectivity index (χ1n) is 15.3.